The van der Waals surface area contributed by atoms with Crippen molar-refractivity contribution in [2.75, 3.05) is 0 Å². The van der Waals surface area contributed by atoms with E-state index in [9.17, 15) is 4.79 Å². The van der Waals surface area contributed by atoms with Crippen molar-refractivity contribution in [1.29, 1.82) is 0 Å². The minimum absolute atomic E-state index is 0.0298. The molecular weight excluding hydrogens is 250 g/mol. The number of amides is 1. The Morgan fingerprint density at radius 3 is 3.00 bits per heavy atom. The van der Waals surface area contributed by atoms with Crippen LogP contribution >= 0.6 is 11.6 Å². The summed E-state index contributed by atoms with van der Waals surface area (Å²) in [5, 5.41) is 10.2. The number of carbonyl (C=O) groups is 1. The molecule has 1 heterocycles. The van der Waals surface area contributed by atoms with Gasteiger partial charge in [-0.15, -0.1) is 0 Å². The standard InChI is InChI=1S/C13H14ClN3O/c1-9-11(8-16-17-9)7-15-13(18)6-10-3-2-4-12(14)5-10/h2-5,8H,6-7H2,1H3,(H,15,18)(H,16,17). The Morgan fingerprint density at radius 1 is 1.50 bits per heavy atom. The van der Waals surface area contributed by atoms with Crippen LogP contribution in [0, 0.1) is 6.92 Å². The molecule has 1 aromatic carbocycles. The van der Waals surface area contributed by atoms with Crippen molar-refractivity contribution in [2.45, 2.75) is 19.9 Å². The van der Waals surface area contributed by atoms with E-state index in [0.717, 1.165) is 16.8 Å². The quantitative estimate of drug-likeness (QED) is 0.889. The van der Waals surface area contributed by atoms with Crippen LogP contribution in [0.1, 0.15) is 16.8 Å². The van der Waals surface area contributed by atoms with E-state index >= 15 is 0 Å². The fourth-order valence-corrected chi connectivity index (χ4v) is 1.86. The van der Waals surface area contributed by atoms with Crippen molar-refractivity contribution in [3.8, 4) is 0 Å². The summed E-state index contributed by atoms with van der Waals surface area (Å²) in [7, 11) is 0. The first-order valence-corrected chi connectivity index (χ1v) is 6.03. The average Bonchev–Trinajstić information content (AvgIpc) is 2.72. The Kier molecular flexibility index (Phi) is 3.99. The Bertz CT molecular complexity index is 551. The second-order valence-electron chi connectivity index (χ2n) is 4.10. The Morgan fingerprint density at radius 2 is 2.33 bits per heavy atom. The highest BCUT2D eigenvalue weighted by atomic mass is 35.5. The molecule has 0 aliphatic rings. The van der Waals surface area contributed by atoms with Crippen LogP contribution in [0.3, 0.4) is 0 Å². The molecule has 2 rings (SSSR count). The Labute approximate surface area is 110 Å². The lowest BCUT2D eigenvalue weighted by molar-refractivity contribution is -0.120. The summed E-state index contributed by atoms with van der Waals surface area (Å²) in [4.78, 5) is 11.7. The van der Waals surface area contributed by atoms with Gasteiger partial charge in [0, 0.05) is 22.8 Å². The second-order valence-corrected chi connectivity index (χ2v) is 4.54. The highest BCUT2D eigenvalue weighted by Gasteiger charge is 2.05. The van der Waals surface area contributed by atoms with Gasteiger partial charge in [-0.2, -0.15) is 5.10 Å². The minimum atomic E-state index is -0.0298. The van der Waals surface area contributed by atoms with Crippen molar-refractivity contribution in [2.24, 2.45) is 0 Å². The molecule has 1 amide bonds. The number of nitrogens with zero attached hydrogens (tertiary/aromatic N) is 1. The summed E-state index contributed by atoms with van der Waals surface area (Å²) in [6, 6.07) is 7.31. The average molecular weight is 264 g/mol. The molecule has 0 aliphatic heterocycles. The van der Waals surface area contributed by atoms with E-state index in [1.165, 1.54) is 0 Å². The Balaban J connectivity index is 1.88. The van der Waals surface area contributed by atoms with E-state index in [4.69, 9.17) is 11.6 Å². The molecule has 0 saturated heterocycles. The normalized spacial score (nSPS) is 10.3. The number of aromatic nitrogens is 2. The summed E-state index contributed by atoms with van der Waals surface area (Å²) < 4.78 is 0. The van der Waals surface area contributed by atoms with Crippen LogP contribution in [-0.4, -0.2) is 16.1 Å². The van der Waals surface area contributed by atoms with E-state index in [-0.39, 0.29) is 5.91 Å². The van der Waals surface area contributed by atoms with Gasteiger partial charge >= 0.3 is 0 Å². The number of H-pyrrole nitrogens is 1. The van der Waals surface area contributed by atoms with E-state index in [1.807, 2.05) is 19.1 Å². The summed E-state index contributed by atoms with van der Waals surface area (Å²) in [6.45, 7) is 2.41. The van der Waals surface area contributed by atoms with E-state index in [2.05, 4.69) is 15.5 Å². The molecule has 0 spiro atoms. The van der Waals surface area contributed by atoms with Crippen molar-refractivity contribution in [1.82, 2.24) is 15.5 Å². The summed E-state index contributed by atoms with van der Waals surface area (Å²) >= 11 is 5.86. The maximum atomic E-state index is 11.7. The van der Waals surface area contributed by atoms with Crippen LogP contribution in [0.5, 0.6) is 0 Å². The molecular formula is C13H14ClN3O. The van der Waals surface area contributed by atoms with Gasteiger partial charge in [-0.05, 0) is 24.6 Å². The Hall–Kier alpha value is -1.81. The number of rotatable bonds is 4. The molecule has 94 valence electrons. The first-order chi connectivity index (χ1) is 8.65. The highest BCUT2D eigenvalue weighted by Crippen LogP contribution is 2.11. The van der Waals surface area contributed by atoms with Crippen molar-refractivity contribution < 1.29 is 4.79 Å². The largest absolute Gasteiger partial charge is 0.352 e. The first-order valence-electron chi connectivity index (χ1n) is 5.65. The van der Waals surface area contributed by atoms with E-state index in [0.29, 0.717) is 18.0 Å². The van der Waals surface area contributed by atoms with Crippen LogP contribution < -0.4 is 5.32 Å². The van der Waals surface area contributed by atoms with Crippen molar-refractivity contribution in [3.63, 3.8) is 0 Å². The maximum absolute atomic E-state index is 11.7. The van der Waals surface area contributed by atoms with Crippen LogP contribution in [0.2, 0.25) is 5.02 Å². The van der Waals surface area contributed by atoms with Crippen LogP contribution in [0.4, 0.5) is 0 Å². The lowest BCUT2D eigenvalue weighted by Crippen LogP contribution is -2.24. The van der Waals surface area contributed by atoms with Gasteiger partial charge in [0.15, 0.2) is 0 Å². The number of aromatic amines is 1. The van der Waals surface area contributed by atoms with Gasteiger partial charge in [0.2, 0.25) is 5.91 Å². The molecule has 0 saturated carbocycles. The van der Waals surface area contributed by atoms with Crippen LogP contribution in [-0.2, 0) is 17.8 Å². The molecule has 5 heteroatoms. The van der Waals surface area contributed by atoms with Gasteiger partial charge in [0.1, 0.15) is 0 Å². The fraction of sp³-hybridized carbons (Fsp3) is 0.231. The zero-order chi connectivity index (χ0) is 13.0. The third kappa shape index (κ3) is 3.34. The van der Waals surface area contributed by atoms with Gasteiger partial charge < -0.3 is 5.32 Å². The number of carbonyl (C=O) groups excluding carboxylic acids is 1. The fourth-order valence-electron chi connectivity index (χ4n) is 1.64. The number of hydrogen-bond donors (Lipinski definition) is 2. The van der Waals surface area contributed by atoms with Gasteiger partial charge in [0.05, 0.1) is 12.6 Å². The number of benzene rings is 1. The molecule has 0 fully saturated rings. The molecule has 0 unspecified atom stereocenters. The molecule has 18 heavy (non-hydrogen) atoms. The van der Waals surface area contributed by atoms with Gasteiger partial charge in [-0.1, -0.05) is 23.7 Å². The van der Waals surface area contributed by atoms with Crippen LogP contribution in [0.15, 0.2) is 30.5 Å². The molecule has 0 bridgehead atoms. The summed E-state index contributed by atoms with van der Waals surface area (Å²) in [6.07, 6.45) is 2.05. The first kappa shape index (κ1) is 12.6. The topological polar surface area (TPSA) is 57.8 Å². The molecule has 0 atom stereocenters. The molecule has 0 radical (unpaired) electrons. The maximum Gasteiger partial charge on any atom is 0.224 e. The van der Waals surface area contributed by atoms with Crippen LogP contribution in [0.25, 0.3) is 0 Å². The third-order valence-corrected chi connectivity index (χ3v) is 2.90. The monoisotopic (exact) mass is 263 g/mol. The van der Waals surface area contributed by atoms with Crippen molar-refractivity contribution in [3.05, 3.63) is 52.3 Å². The molecule has 2 N–H and O–H groups in total. The molecule has 4 nitrogen and oxygen atoms in total. The lowest BCUT2D eigenvalue weighted by atomic mass is 10.1. The molecule has 2 aromatic rings. The number of halogens is 1. The zero-order valence-electron chi connectivity index (χ0n) is 10.0. The molecule has 0 aliphatic carbocycles. The number of nitrogens with one attached hydrogen (secondary N) is 2. The van der Waals surface area contributed by atoms with E-state index in [1.54, 1.807) is 18.3 Å². The predicted octanol–water partition coefficient (Wildman–Crippen LogP) is 2.23. The third-order valence-electron chi connectivity index (χ3n) is 2.66. The SMILES string of the molecule is Cc1[nH]ncc1CNC(=O)Cc1cccc(Cl)c1. The van der Waals surface area contributed by atoms with Gasteiger partial charge in [-0.25, -0.2) is 0 Å². The lowest BCUT2D eigenvalue weighted by Gasteiger charge is -2.05. The predicted molar refractivity (Wildman–Crippen MR) is 70.3 cm³/mol. The number of aryl methyl sites for hydroxylation is 1. The van der Waals surface area contributed by atoms with Gasteiger partial charge in [-0.3, -0.25) is 9.89 Å². The highest BCUT2D eigenvalue weighted by molar-refractivity contribution is 6.30. The molecule has 1 aromatic heterocycles. The number of hydrogen-bond acceptors (Lipinski definition) is 2. The smallest absolute Gasteiger partial charge is 0.224 e. The summed E-state index contributed by atoms with van der Waals surface area (Å²) in [5.41, 5.74) is 2.87. The second kappa shape index (κ2) is 5.69. The van der Waals surface area contributed by atoms with Crippen molar-refractivity contribution >= 4 is 17.5 Å². The van der Waals surface area contributed by atoms with E-state index < -0.39 is 0 Å². The summed E-state index contributed by atoms with van der Waals surface area (Å²) in [5.74, 6) is -0.0298. The minimum Gasteiger partial charge on any atom is -0.352 e. The van der Waals surface area contributed by atoms with Gasteiger partial charge in [0.25, 0.3) is 0 Å². The zero-order valence-corrected chi connectivity index (χ0v) is 10.8.